The number of alkyl halides is 3. The Morgan fingerprint density at radius 2 is 2.14 bits per heavy atom. The molecule has 0 saturated carbocycles. The van der Waals surface area contributed by atoms with E-state index in [1.54, 1.807) is 6.92 Å². The van der Waals surface area contributed by atoms with Crippen LogP contribution in [0, 0.1) is 0 Å². The third-order valence-corrected chi connectivity index (χ3v) is 3.43. The highest BCUT2D eigenvalue weighted by atomic mass is 19.4. The van der Waals surface area contributed by atoms with Crippen LogP contribution in [0.5, 0.6) is 5.75 Å². The van der Waals surface area contributed by atoms with E-state index in [1.165, 1.54) is 30.2 Å². The molecule has 2 unspecified atom stereocenters. The minimum atomic E-state index is -4.56. The number of benzene rings is 1. The lowest BCUT2D eigenvalue weighted by Crippen LogP contribution is -2.46. The fourth-order valence-electron chi connectivity index (χ4n) is 2.24. The number of rotatable bonds is 4. The first-order valence-corrected chi connectivity index (χ1v) is 6.72. The summed E-state index contributed by atoms with van der Waals surface area (Å²) in [7, 11) is 1.40. The van der Waals surface area contributed by atoms with E-state index in [4.69, 9.17) is 15.2 Å². The number of carbonyl (C=O) groups is 1. The van der Waals surface area contributed by atoms with E-state index in [0.717, 1.165) is 0 Å². The van der Waals surface area contributed by atoms with Gasteiger partial charge in [0.1, 0.15) is 18.5 Å². The van der Waals surface area contributed by atoms with Crippen LogP contribution in [0.25, 0.3) is 0 Å². The molecule has 0 fully saturated rings. The first kappa shape index (κ1) is 16.6. The van der Waals surface area contributed by atoms with Gasteiger partial charge in [0.05, 0.1) is 5.69 Å². The number of amides is 1. The van der Waals surface area contributed by atoms with Crippen molar-refractivity contribution in [3.63, 3.8) is 0 Å². The number of hydrogen-bond acceptors (Lipinski definition) is 4. The summed E-state index contributed by atoms with van der Waals surface area (Å²) in [6.45, 7) is 1.71. The molecule has 1 aliphatic rings. The van der Waals surface area contributed by atoms with Gasteiger partial charge in [0.2, 0.25) is 0 Å². The Balaban J connectivity index is 2.44. The summed E-state index contributed by atoms with van der Waals surface area (Å²) < 4.78 is 48.7. The maximum absolute atomic E-state index is 12.7. The van der Waals surface area contributed by atoms with Crippen LogP contribution in [-0.2, 0) is 9.53 Å². The molecule has 1 heterocycles. The van der Waals surface area contributed by atoms with Crippen molar-refractivity contribution in [3.8, 4) is 5.75 Å². The molecule has 1 amide bonds. The third-order valence-electron chi connectivity index (χ3n) is 3.43. The molecule has 0 saturated heterocycles. The highest BCUT2D eigenvalue weighted by Crippen LogP contribution is 2.39. The molecule has 0 spiro atoms. The summed E-state index contributed by atoms with van der Waals surface area (Å²) in [6, 6.07) is 1.75. The zero-order valence-electron chi connectivity index (χ0n) is 12.2. The second-order valence-electron chi connectivity index (χ2n) is 4.95. The molecule has 5 nitrogen and oxygen atoms in total. The van der Waals surface area contributed by atoms with Crippen molar-refractivity contribution in [1.29, 1.82) is 0 Å². The smallest absolute Gasteiger partial charge is 0.407 e. The fourth-order valence-corrected chi connectivity index (χ4v) is 2.24. The average Bonchev–Trinajstić information content (AvgIpc) is 2.47. The van der Waals surface area contributed by atoms with Crippen molar-refractivity contribution in [1.82, 2.24) is 0 Å². The third kappa shape index (κ3) is 3.02. The Hall–Kier alpha value is -1.80. The number of hydrogen-bond donors (Lipinski definition) is 1. The molecule has 2 rings (SSSR count). The predicted octanol–water partition coefficient (Wildman–Crippen LogP) is 2.36. The Morgan fingerprint density at radius 3 is 2.68 bits per heavy atom. The summed E-state index contributed by atoms with van der Waals surface area (Å²) in [5.74, 6) is -0.0174. The number of anilines is 1. The second-order valence-corrected chi connectivity index (χ2v) is 4.95. The Morgan fingerprint density at radius 1 is 1.45 bits per heavy atom. The van der Waals surface area contributed by atoms with E-state index in [9.17, 15) is 18.0 Å². The monoisotopic (exact) mass is 318 g/mol. The largest absolute Gasteiger partial charge is 0.478 e. The zero-order valence-corrected chi connectivity index (χ0v) is 12.2. The number of carbonyl (C=O) groups excluding carboxylic acids is 1. The van der Waals surface area contributed by atoms with Gasteiger partial charge in [-0.3, -0.25) is 9.69 Å². The maximum atomic E-state index is 12.7. The lowest BCUT2D eigenvalue weighted by Gasteiger charge is -2.34. The predicted molar refractivity (Wildman–Crippen MR) is 73.5 cm³/mol. The topological polar surface area (TPSA) is 64.8 Å². The fraction of sp³-hybridized carbons (Fsp3) is 0.500. The van der Waals surface area contributed by atoms with Crippen molar-refractivity contribution in [3.05, 3.63) is 23.8 Å². The van der Waals surface area contributed by atoms with Crippen molar-refractivity contribution < 1.29 is 27.4 Å². The Bertz CT molecular complexity index is 563. The van der Waals surface area contributed by atoms with Crippen LogP contribution < -0.4 is 15.4 Å². The summed E-state index contributed by atoms with van der Waals surface area (Å²) in [6.07, 6.45) is -4.79. The van der Waals surface area contributed by atoms with Gasteiger partial charge in [-0.1, -0.05) is 13.0 Å². The van der Waals surface area contributed by atoms with Gasteiger partial charge in [0, 0.05) is 7.11 Å². The van der Waals surface area contributed by atoms with Crippen molar-refractivity contribution in [2.45, 2.75) is 31.7 Å². The van der Waals surface area contributed by atoms with Crippen LogP contribution in [-0.4, -0.2) is 32.0 Å². The molecule has 122 valence electrons. The lowest BCUT2D eigenvalue weighted by atomic mass is 10.0. The van der Waals surface area contributed by atoms with Gasteiger partial charge in [-0.25, -0.2) is 0 Å². The molecule has 0 aromatic heterocycles. The van der Waals surface area contributed by atoms with Crippen LogP contribution in [0.1, 0.15) is 24.9 Å². The molecule has 0 radical (unpaired) electrons. The molecular formula is C14H17F3N2O3. The number of halogens is 3. The van der Waals surface area contributed by atoms with E-state index < -0.39 is 18.3 Å². The van der Waals surface area contributed by atoms with E-state index in [1.807, 2.05) is 0 Å². The van der Waals surface area contributed by atoms with Gasteiger partial charge < -0.3 is 15.2 Å². The molecule has 0 aliphatic carbocycles. The molecule has 1 aliphatic heterocycles. The maximum Gasteiger partial charge on any atom is 0.407 e. The summed E-state index contributed by atoms with van der Waals surface area (Å²) >= 11 is 0. The summed E-state index contributed by atoms with van der Waals surface area (Å²) in [4.78, 5) is 13.5. The van der Waals surface area contributed by atoms with Crippen LogP contribution in [0.4, 0.5) is 18.9 Å². The highest BCUT2D eigenvalue weighted by Gasteiger charge is 2.39. The van der Waals surface area contributed by atoms with E-state index in [-0.39, 0.29) is 23.9 Å². The van der Waals surface area contributed by atoms with Crippen molar-refractivity contribution in [2.24, 2.45) is 5.73 Å². The number of methoxy groups -OCH3 is 1. The van der Waals surface area contributed by atoms with Crippen molar-refractivity contribution >= 4 is 11.6 Å². The van der Waals surface area contributed by atoms with Gasteiger partial charge in [-0.05, 0) is 24.1 Å². The Kier molecular flexibility index (Phi) is 4.62. The normalized spacial score (nSPS) is 19.6. The van der Waals surface area contributed by atoms with Crippen LogP contribution in [0.15, 0.2) is 18.2 Å². The van der Waals surface area contributed by atoms with Crippen LogP contribution in [0.2, 0.25) is 0 Å². The zero-order chi connectivity index (χ0) is 16.5. The second kappa shape index (κ2) is 6.13. The quantitative estimate of drug-likeness (QED) is 0.925. The van der Waals surface area contributed by atoms with E-state index in [2.05, 4.69) is 0 Å². The van der Waals surface area contributed by atoms with Crippen LogP contribution >= 0.6 is 0 Å². The molecule has 1 aromatic carbocycles. The minimum absolute atomic E-state index is 0.0730. The first-order chi connectivity index (χ1) is 10.3. The number of nitrogens with zero attached hydrogens (tertiary/aromatic N) is 1. The van der Waals surface area contributed by atoms with Crippen LogP contribution in [0.3, 0.4) is 0 Å². The highest BCUT2D eigenvalue weighted by molar-refractivity contribution is 5.99. The van der Waals surface area contributed by atoms with E-state index >= 15 is 0 Å². The lowest BCUT2D eigenvalue weighted by molar-refractivity contribution is -0.149. The molecule has 2 atom stereocenters. The van der Waals surface area contributed by atoms with Crippen molar-refractivity contribution in [2.75, 3.05) is 18.7 Å². The number of ether oxygens (including phenoxy) is 2. The summed E-state index contributed by atoms with van der Waals surface area (Å²) in [5, 5.41) is 0. The molecule has 1 aromatic rings. The number of nitrogens with two attached hydrogens (primary N) is 1. The minimum Gasteiger partial charge on any atom is -0.478 e. The first-order valence-electron chi connectivity index (χ1n) is 6.72. The van der Waals surface area contributed by atoms with Gasteiger partial charge in [0.25, 0.3) is 5.91 Å². The van der Waals surface area contributed by atoms with E-state index in [0.29, 0.717) is 12.2 Å². The SMILES string of the molecule is CCC1Oc2ccc(C(N)C(F)(F)F)cc2N(COC)C1=O. The molecule has 8 heteroatoms. The van der Waals surface area contributed by atoms with Gasteiger partial charge >= 0.3 is 6.18 Å². The summed E-state index contributed by atoms with van der Waals surface area (Å²) in [5.41, 5.74) is 5.30. The van der Waals surface area contributed by atoms with Gasteiger partial charge in [-0.15, -0.1) is 0 Å². The molecule has 2 N–H and O–H groups in total. The average molecular weight is 318 g/mol. The standard InChI is InChI=1S/C14H17F3N2O3/c1-3-10-13(20)19(7-21-2)9-6-8(4-5-11(9)22-10)12(18)14(15,16)17/h4-6,10,12H,3,7,18H2,1-2H3. The molecular weight excluding hydrogens is 301 g/mol. The van der Waals surface area contributed by atoms with Gasteiger partial charge in [0.15, 0.2) is 6.10 Å². The molecule has 0 bridgehead atoms. The van der Waals surface area contributed by atoms with Gasteiger partial charge in [-0.2, -0.15) is 13.2 Å². The number of fused-ring (bicyclic) bond motifs is 1. The Labute approximate surface area is 125 Å². The molecule has 22 heavy (non-hydrogen) atoms.